The average molecular weight is 610 g/mol. The average Bonchev–Trinajstić information content (AvgIpc) is 2.81. The van der Waals surface area contributed by atoms with Crippen molar-refractivity contribution in [2.24, 2.45) is 0 Å². The Morgan fingerprint density at radius 3 is 1.05 bits per heavy atom. The number of carbonyl (C=O) groups is 4. The number of hydrogen-bond acceptors (Lipinski definition) is 10. The van der Waals surface area contributed by atoms with Crippen LogP contribution in [0.1, 0.15) is 41.4 Å². The Morgan fingerprint density at radius 1 is 0.525 bits per heavy atom. The summed E-state index contributed by atoms with van der Waals surface area (Å²) in [5, 5.41) is 41.3. The Kier molecular flexibility index (Phi) is 11.4. The smallest absolute Gasteiger partial charge is 0.545 e. The SMILES string of the molecule is O=C([O-])c1cc(C(=O)[O-])cc(-c2cc(S(=O)(=O)O)c(-c3cc(C(=O)O)cc(C(=O)O)c3)cc2S(=O)(=O)O)c1.[Na+].[Na+]. The minimum absolute atomic E-state index is 0. The van der Waals surface area contributed by atoms with Crippen LogP contribution in [0, 0.1) is 0 Å². The van der Waals surface area contributed by atoms with E-state index in [0.29, 0.717) is 36.4 Å². The van der Waals surface area contributed by atoms with Crippen LogP contribution in [0.2, 0.25) is 0 Å². The van der Waals surface area contributed by atoms with Crippen LogP contribution in [0.5, 0.6) is 0 Å². The molecule has 3 rings (SSSR count). The molecule has 3 aromatic rings. The van der Waals surface area contributed by atoms with Crippen LogP contribution in [0.25, 0.3) is 22.3 Å². The van der Waals surface area contributed by atoms with E-state index in [4.69, 9.17) is 0 Å². The zero-order chi connectivity index (χ0) is 28.7. The number of hydrogen-bond donors (Lipinski definition) is 4. The molecule has 0 aliphatic carbocycles. The minimum atomic E-state index is -5.33. The zero-order valence-corrected chi connectivity index (χ0v) is 25.9. The molecule has 0 saturated carbocycles. The number of benzene rings is 3. The summed E-state index contributed by atoms with van der Waals surface area (Å²) < 4.78 is 68.8. The van der Waals surface area contributed by atoms with Crippen molar-refractivity contribution in [2.45, 2.75) is 9.79 Å². The third kappa shape index (κ3) is 7.76. The second-order valence-electron chi connectivity index (χ2n) is 7.58. The Labute approximate surface area is 269 Å². The van der Waals surface area contributed by atoms with Crippen molar-refractivity contribution in [1.82, 2.24) is 0 Å². The zero-order valence-electron chi connectivity index (χ0n) is 20.3. The van der Waals surface area contributed by atoms with Gasteiger partial charge >= 0.3 is 71.1 Å². The number of carbonyl (C=O) groups excluding carboxylic acids is 2. The van der Waals surface area contributed by atoms with Gasteiger partial charge in [0.05, 0.1) is 23.1 Å². The van der Waals surface area contributed by atoms with Crippen LogP contribution in [0.4, 0.5) is 0 Å². The molecule has 0 heterocycles. The van der Waals surface area contributed by atoms with E-state index in [0.717, 1.165) is 12.1 Å². The summed E-state index contributed by atoms with van der Waals surface area (Å²) in [5.41, 5.74) is -5.63. The van der Waals surface area contributed by atoms with Gasteiger partial charge in [-0.1, -0.05) is 0 Å². The second-order valence-corrected chi connectivity index (χ2v) is 10.4. The van der Waals surface area contributed by atoms with Crippen molar-refractivity contribution in [2.75, 3.05) is 0 Å². The monoisotopic (exact) mass is 610 g/mol. The van der Waals surface area contributed by atoms with Crippen LogP contribution in [0.15, 0.2) is 58.3 Å². The molecule has 0 fully saturated rings. The van der Waals surface area contributed by atoms with Gasteiger partial charge in [-0.15, -0.1) is 0 Å². The first kappa shape index (κ1) is 35.4. The van der Waals surface area contributed by atoms with Gasteiger partial charge in [0.1, 0.15) is 9.79 Å². The van der Waals surface area contributed by atoms with Gasteiger partial charge in [-0.3, -0.25) is 9.11 Å². The molecule has 0 aliphatic heterocycles. The maximum absolute atomic E-state index is 12.3. The molecule has 18 heteroatoms. The van der Waals surface area contributed by atoms with Crippen molar-refractivity contribution in [1.29, 1.82) is 0 Å². The number of aromatic carboxylic acids is 4. The molecular weight excluding hydrogens is 598 g/mol. The summed E-state index contributed by atoms with van der Waals surface area (Å²) in [6, 6.07) is 5.10. The molecule has 0 aliphatic rings. The molecule has 0 radical (unpaired) electrons. The molecule has 3 aromatic carbocycles. The van der Waals surface area contributed by atoms with Gasteiger partial charge in [0.2, 0.25) is 0 Å². The molecule has 4 N–H and O–H groups in total. The molecule has 0 unspecified atom stereocenters. The third-order valence-electron chi connectivity index (χ3n) is 5.09. The van der Waals surface area contributed by atoms with Gasteiger partial charge in [0.15, 0.2) is 0 Å². The molecule has 0 saturated heterocycles. The van der Waals surface area contributed by atoms with E-state index in [1.165, 1.54) is 0 Å². The van der Waals surface area contributed by atoms with Crippen LogP contribution < -0.4 is 69.3 Å². The summed E-state index contributed by atoms with van der Waals surface area (Å²) in [6.07, 6.45) is 0. The Bertz CT molecular complexity index is 1590. The van der Waals surface area contributed by atoms with Crippen molar-refractivity contribution in [3.8, 4) is 22.3 Å². The Morgan fingerprint density at radius 2 is 0.800 bits per heavy atom. The van der Waals surface area contributed by atoms with Crippen molar-refractivity contribution in [3.05, 3.63) is 70.8 Å². The summed E-state index contributed by atoms with van der Waals surface area (Å²) in [7, 11) is -10.7. The van der Waals surface area contributed by atoms with Gasteiger partial charge in [0.25, 0.3) is 20.2 Å². The number of carboxylic acid groups (broad SMARTS) is 4. The fourth-order valence-corrected chi connectivity index (χ4v) is 4.93. The quantitative estimate of drug-likeness (QED) is 0.137. The van der Waals surface area contributed by atoms with Gasteiger partial charge < -0.3 is 30.0 Å². The molecule has 0 aromatic heterocycles. The van der Waals surface area contributed by atoms with E-state index in [1.807, 2.05) is 0 Å². The van der Waals surface area contributed by atoms with Crippen LogP contribution in [0.3, 0.4) is 0 Å². The fraction of sp³-hybridized carbons (Fsp3) is 0. The Balaban J connectivity index is 0.00000400. The molecule has 0 atom stereocenters. The van der Waals surface area contributed by atoms with Crippen LogP contribution >= 0.6 is 0 Å². The van der Waals surface area contributed by atoms with Gasteiger partial charge in [-0.2, -0.15) is 16.8 Å². The first-order valence-electron chi connectivity index (χ1n) is 9.73. The topological polar surface area (TPSA) is 264 Å². The maximum atomic E-state index is 12.3. The van der Waals surface area contributed by atoms with Gasteiger partial charge in [-0.25, -0.2) is 9.59 Å². The fourth-order valence-electron chi connectivity index (χ4n) is 3.49. The molecule has 40 heavy (non-hydrogen) atoms. The number of rotatable bonds is 8. The van der Waals surface area contributed by atoms with Crippen molar-refractivity contribution < 1.29 is 125 Å². The molecule has 0 bridgehead atoms. The normalized spacial score (nSPS) is 11.1. The maximum Gasteiger partial charge on any atom is 1.00 e. The van der Waals surface area contributed by atoms with E-state index >= 15 is 0 Å². The van der Waals surface area contributed by atoms with E-state index in [9.17, 15) is 65.5 Å². The number of carboxylic acids is 4. The predicted molar refractivity (Wildman–Crippen MR) is 120 cm³/mol. The van der Waals surface area contributed by atoms with Crippen LogP contribution in [-0.2, 0) is 20.2 Å². The summed E-state index contributed by atoms with van der Waals surface area (Å²) in [4.78, 5) is 43.4. The van der Waals surface area contributed by atoms with Crippen LogP contribution in [-0.4, -0.2) is 60.0 Å². The third-order valence-corrected chi connectivity index (χ3v) is 6.88. The molecule has 198 valence electrons. The minimum Gasteiger partial charge on any atom is -0.545 e. The first-order valence-corrected chi connectivity index (χ1v) is 12.6. The first-order chi connectivity index (χ1) is 17.4. The molecule has 14 nitrogen and oxygen atoms in total. The van der Waals surface area contributed by atoms with Crippen molar-refractivity contribution >= 4 is 44.1 Å². The summed E-state index contributed by atoms with van der Waals surface area (Å²) in [6.45, 7) is 0. The summed E-state index contributed by atoms with van der Waals surface area (Å²) >= 11 is 0. The Hall–Kier alpha value is -2.64. The van der Waals surface area contributed by atoms with E-state index in [2.05, 4.69) is 0 Å². The largest absolute Gasteiger partial charge is 1.00 e. The molecule has 0 spiro atoms. The summed E-state index contributed by atoms with van der Waals surface area (Å²) in [5.74, 6) is -7.13. The molecule has 0 amide bonds. The predicted octanol–water partition coefficient (Wildman–Crippen LogP) is -6.35. The van der Waals surface area contributed by atoms with Crippen molar-refractivity contribution in [3.63, 3.8) is 0 Å². The molecular formula is C22H12Na2O14S2. The van der Waals surface area contributed by atoms with Gasteiger partial charge in [-0.05, 0) is 70.8 Å². The van der Waals surface area contributed by atoms with E-state index in [-0.39, 0.29) is 59.1 Å². The standard InChI is InChI=1S/C22H14O14S2.2Na/c23-19(24)11-1-9(2-12(5-11)20(25)26)15-7-18(38(34,35)36)16(8-17(15)37(31,32)33)10-3-13(21(27)28)6-14(4-10)22(29)30;;/h1-8H,(H,23,24)(H,25,26)(H,27,28)(H,29,30)(H,31,32,33)(H,34,35,36);;/q;2*+1/p-2. The van der Waals surface area contributed by atoms with E-state index < -0.39 is 98.4 Å². The van der Waals surface area contributed by atoms with E-state index in [1.54, 1.807) is 0 Å². The second kappa shape index (κ2) is 12.9. The van der Waals surface area contributed by atoms with Gasteiger partial charge in [0, 0.05) is 11.1 Å².